The van der Waals surface area contributed by atoms with Gasteiger partial charge >= 0.3 is 0 Å². The molecule has 0 unspecified atom stereocenters. The van der Waals surface area contributed by atoms with Gasteiger partial charge in [-0.3, -0.25) is 0 Å². The molecule has 0 aromatic carbocycles. The van der Waals surface area contributed by atoms with E-state index in [1.807, 2.05) is 17.8 Å². The maximum Gasteiger partial charge on any atom is 0.0651 e. The van der Waals surface area contributed by atoms with Crippen LogP contribution in [0.15, 0.2) is 11.5 Å². The van der Waals surface area contributed by atoms with E-state index in [1.54, 1.807) is 7.11 Å². The van der Waals surface area contributed by atoms with E-state index >= 15 is 0 Å². The van der Waals surface area contributed by atoms with Crippen molar-refractivity contribution in [2.24, 2.45) is 0 Å². The predicted molar refractivity (Wildman–Crippen MR) is 48.4 cm³/mol. The first-order valence-electron chi connectivity index (χ1n) is 3.38. The minimum atomic E-state index is 0.324. The van der Waals surface area contributed by atoms with Crippen molar-refractivity contribution in [1.29, 1.82) is 0 Å². The molecule has 0 radical (unpaired) electrons. The van der Waals surface area contributed by atoms with Gasteiger partial charge < -0.3 is 4.74 Å². The third-order valence-corrected chi connectivity index (χ3v) is 1.82. The molecule has 0 heterocycles. The minimum Gasteiger partial charge on any atom is -0.381 e. The average Bonchev–Trinajstić information content (AvgIpc) is 1.78. The third kappa shape index (κ3) is 8.05. The summed E-state index contributed by atoms with van der Waals surface area (Å²) in [5.74, 6) is 0. The fourth-order valence-corrected chi connectivity index (χ4v) is 0.971. The lowest BCUT2D eigenvalue weighted by molar-refractivity contribution is 0.234. The van der Waals surface area contributed by atoms with Gasteiger partial charge in [0.15, 0.2) is 0 Å². The van der Waals surface area contributed by atoms with E-state index in [2.05, 4.69) is 26.2 Å². The number of ether oxygens (including phenoxy) is 1. The van der Waals surface area contributed by atoms with Gasteiger partial charge in [0.25, 0.3) is 0 Å². The van der Waals surface area contributed by atoms with Gasteiger partial charge in [-0.15, -0.1) is 11.8 Å². The molecule has 0 spiro atoms. The quantitative estimate of drug-likeness (QED) is 0.627. The molecule has 1 nitrogen and oxygen atoms in total. The summed E-state index contributed by atoms with van der Waals surface area (Å²) in [5, 5.41) is 2.09. The summed E-state index contributed by atoms with van der Waals surface area (Å²) in [6.07, 6.45) is 2.02. The largest absolute Gasteiger partial charge is 0.381 e. The molecule has 0 aliphatic heterocycles. The number of rotatable bonds is 3. The zero-order chi connectivity index (χ0) is 8.04. The number of hydrogen-bond donors (Lipinski definition) is 0. The van der Waals surface area contributed by atoms with Gasteiger partial charge in [-0.1, -0.05) is 26.8 Å². The monoisotopic (exact) mass is 160 g/mol. The lowest BCUT2D eigenvalue weighted by atomic mass is 10.3. The first kappa shape index (κ1) is 10.0. The zero-order valence-corrected chi connectivity index (χ0v) is 7.99. The number of thioether (sulfide) groups is 1. The zero-order valence-electron chi connectivity index (χ0n) is 7.18. The molecule has 0 aliphatic rings. The maximum absolute atomic E-state index is 4.86. The van der Waals surface area contributed by atoms with E-state index in [0.717, 1.165) is 0 Å². The highest BCUT2D eigenvalue weighted by atomic mass is 32.2. The minimum absolute atomic E-state index is 0.324. The van der Waals surface area contributed by atoms with E-state index < -0.39 is 0 Å². The highest BCUT2D eigenvalue weighted by Gasteiger charge is 2.06. The van der Waals surface area contributed by atoms with Gasteiger partial charge in [-0.2, -0.15) is 0 Å². The van der Waals surface area contributed by atoms with E-state index in [9.17, 15) is 0 Å². The SMILES string of the molecule is COCC=CSC(C)(C)C. The Balaban J connectivity index is 3.34. The predicted octanol–water partition coefficient (Wildman–Crippen LogP) is 2.68. The van der Waals surface area contributed by atoms with Crippen molar-refractivity contribution >= 4 is 11.8 Å². The molecule has 2 heteroatoms. The lowest BCUT2D eigenvalue weighted by Gasteiger charge is -2.13. The van der Waals surface area contributed by atoms with Crippen LogP contribution in [0.3, 0.4) is 0 Å². The van der Waals surface area contributed by atoms with Gasteiger partial charge in [0.1, 0.15) is 0 Å². The second-order valence-corrected chi connectivity index (χ2v) is 4.79. The van der Waals surface area contributed by atoms with Gasteiger partial charge in [0.2, 0.25) is 0 Å². The lowest BCUT2D eigenvalue weighted by Crippen LogP contribution is -2.04. The maximum atomic E-state index is 4.86. The Kier molecular flexibility index (Phi) is 4.83. The van der Waals surface area contributed by atoms with Crippen molar-refractivity contribution in [2.45, 2.75) is 25.5 Å². The van der Waals surface area contributed by atoms with E-state index in [-0.39, 0.29) is 0 Å². The van der Waals surface area contributed by atoms with Crippen LogP contribution < -0.4 is 0 Å². The van der Waals surface area contributed by atoms with Crippen molar-refractivity contribution < 1.29 is 4.74 Å². The number of methoxy groups -OCH3 is 1. The van der Waals surface area contributed by atoms with Crippen molar-refractivity contribution in [3.8, 4) is 0 Å². The molecule has 0 aromatic rings. The van der Waals surface area contributed by atoms with Crippen LogP contribution in [0.4, 0.5) is 0 Å². The van der Waals surface area contributed by atoms with Gasteiger partial charge in [-0.05, 0) is 5.41 Å². The summed E-state index contributed by atoms with van der Waals surface area (Å²) in [5.41, 5.74) is 0. The Labute approximate surface area is 67.8 Å². The second kappa shape index (κ2) is 4.80. The van der Waals surface area contributed by atoms with Crippen molar-refractivity contribution in [3.63, 3.8) is 0 Å². The molecule has 0 fully saturated rings. The van der Waals surface area contributed by atoms with Crippen LogP contribution in [0.25, 0.3) is 0 Å². The standard InChI is InChI=1S/C8H16OS/c1-8(2,3)10-7-5-6-9-4/h5,7H,6H2,1-4H3. The molecule has 0 amide bonds. The molecule has 0 saturated heterocycles. The first-order chi connectivity index (χ1) is 4.56. The summed E-state index contributed by atoms with van der Waals surface area (Å²) < 4.78 is 5.18. The van der Waals surface area contributed by atoms with Gasteiger partial charge in [-0.25, -0.2) is 0 Å². The molecule has 0 saturated carbocycles. The van der Waals surface area contributed by atoms with Crippen LogP contribution >= 0.6 is 11.8 Å². The van der Waals surface area contributed by atoms with Crippen molar-refractivity contribution in [2.75, 3.05) is 13.7 Å². The first-order valence-corrected chi connectivity index (χ1v) is 4.26. The number of hydrogen-bond acceptors (Lipinski definition) is 2. The molecule has 0 bridgehead atoms. The van der Waals surface area contributed by atoms with E-state index in [0.29, 0.717) is 11.4 Å². The normalized spacial score (nSPS) is 12.8. The topological polar surface area (TPSA) is 9.23 Å². The van der Waals surface area contributed by atoms with Crippen LogP contribution in [-0.2, 0) is 4.74 Å². The Hall–Kier alpha value is 0.0500. The van der Waals surface area contributed by atoms with Crippen LogP contribution in [0.1, 0.15) is 20.8 Å². The van der Waals surface area contributed by atoms with Crippen LogP contribution in [0, 0.1) is 0 Å². The van der Waals surface area contributed by atoms with Gasteiger partial charge in [0.05, 0.1) is 6.61 Å². The van der Waals surface area contributed by atoms with E-state index in [1.165, 1.54) is 0 Å². The smallest absolute Gasteiger partial charge is 0.0651 e. The molecular weight excluding hydrogens is 144 g/mol. The molecule has 0 aromatic heterocycles. The molecule has 0 rings (SSSR count). The molecule has 60 valence electrons. The Morgan fingerprint density at radius 3 is 2.40 bits per heavy atom. The molecular formula is C8H16OS. The summed E-state index contributed by atoms with van der Waals surface area (Å²) in [7, 11) is 1.70. The fraction of sp³-hybridized carbons (Fsp3) is 0.750. The van der Waals surface area contributed by atoms with Gasteiger partial charge in [0, 0.05) is 11.9 Å². The highest BCUT2D eigenvalue weighted by Crippen LogP contribution is 2.23. The fourth-order valence-electron chi connectivity index (χ4n) is 0.388. The van der Waals surface area contributed by atoms with E-state index in [4.69, 9.17) is 4.74 Å². The Bertz CT molecular complexity index is 102. The van der Waals surface area contributed by atoms with Crippen LogP contribution in [0.5, 0.6) is 0 Å². The van der Waals surface area contributed by atoms with Crippen LogP contribution in [0.2, 0.25) is 0 Å². The van der Waals surface area contributed by atoms with Crippen molar-refractivity contribution in [3.05, 3.63) is 11.5 Å². The summed E-state index contributed by atoms with van der Waals surface area (Å²) in [6, 6.07) is 0. The van der Waals surface area contributed by atoms with Crippen LogP contribution in [-0.4, -0.2) is 18.5 Å². The molecule has 0 atom stereocenters. The summed E-state index contributed by atoms with van der Waals surface area (Å²) in [4.78, 5) is 0. The average molecular weight is 160 g/mol. The second-order valence-electron chi connectivity index (χ2n) is 3.06. The van der Waals surface area contributed by atoms with Crippen molar-refractivity contribution in [1.82, 2.24) is 0 Å². The third-order valence-electron chi connectivity index (χ3n) is 0.781. The summed E-state index contributed by atoms with van der Waals surface area (Å²) in [6.45, 7) is 7.28. The Morgan fingerprint density at radius 1 is 1.40 bits per heavy atom. The molecule has 0 N–H and O–H groups in total. The highest BCUT2D eigenvalue weighted by molar-refractivity contribution is 8.03. The summed E-state index contributed by atoms with van der Waals surface area (Å²) >= 11 is 1.81. The molecule has 10 heavy (non-hydrogen) atoms. The molecule has 0 aliphatic carbocycles. The Morgan fingerprint density at radius 2 is 2.00 bits per heavy atom.